The van der Waals surface area contributed by atoms with Crippen molar-refractivity contribution in [1.82, 2.24) is 18.0 Å². The molecule has 1 aromatic heterocycles. The van der Waals surface area contributed by atoms with E-state index < -0.39 is 26.5 Å². The van der Waals surface area contributed by atoms with Crippen molar-refractivity contribution in [3.05, 3.63) is 78.1 Å². The standard InChI is InChI=1S/C29H33FN5O4S2.CH2O2/c1-32(2)40(36,37)22-10-12-23(13-11-22)41(38,39)34-26-8-6-5-7-24(26)28(31-34)33-17-15-29(16-18-33)20-35(3,4)27-19-21(30)9-14-25(27)29;2-1-3/h5-14,19H,15-18,20H2,1-4H3;1H,(H,2,3)/q+1;/p-1. The lowest BCUT2D eigenvalue weighted by molar-refractivity contribution is -0.283. The normalized spacial score (nSPS) is 17.4. The number of para-hydroxylation sites is 1. The number of benzene rings is 3. The molecule has 1 fully saturated rings. The third-order valence-electron chi connectivity index (χ3n) is 8.57. The highest BCUT2D eigenvalue weighted by atomic mass is 32.2. The highest BCUT2D eigenvalue weighted by Crippen LogP contribution is 2.50. The minimum Gasteiger partial charge on any atom is -0.554 e. The topological polar surface area (TPSA) is 133 Å². The molecule has 11 nitrogen and oxygen atoms in total. The van der Waals surface area contributed by atoms with Gasteiger partial charge in [0.05, 0.1) is 41.4 Å². The fourth-order valence-electron chi connectivity index (χ4n) is 6.49. The Hall–Kier alpha value is -3.85. The highest BCUT2D eigenvalue weighted by Gasteiger charge is 2.51. The number of hydrogen-bond donors (Lipinski definition) is 0. The summed E-state index contributed by atoms with van der Waals surface area (Å²) in [5.41, 5.74) is 2.58. The fourth-order valence-corrected chi connectivity index (χ4v) is 8.67. The molecule has 0 bridgehead atoms. The molecule has 1 spiro atoms. The average molecular weight is 644 g/mol. The number of likely N-dealkylation sites (N-methyl/N-ethyl adjacent to an activating group) is 1. The van der Waals surface area contributed by atoms with Crippen molar-refractivity contribution in [3.63, 3.8) is 0 Å². The first-order valence-electron chi connectivity index (χ1n) is 13.9. The van der Waals surface area contributed by atoms with Crippen LogP contribution in [0.3, 0.4) is 0 Å². The van der Waals surface area contributed by atoms with Crippen molar-refractivity contribution in [1.29, 1.82) is 0 Å². The van der Waals surface area contributed by atoms with Gasteiger partial charge in [-0.2, -0.15) is 12.5 Å². The average Bonchev–Trinajstić information content (AvgIpc) is 3.47. The number of carbonyl (C=O) groups excluding carboxylic acids is 1. The number of sulfonamides is 1. The van der Waals surface area contributed by atoms with E-state index in [1.807, 2.05) is 18.2 Å². The van der Waals surface area contributed by atoms with Crippen molar-refractivity contribution in [2.24, 2.45) is 0 Å². The van der Waals surface area contributed by atoms with E-state index in [2.05, 4.69) is 24.1 Å². The lowest BCUT2D eigenvalue weighted by Gasteiger charge is -2.39. The van der Waals surface area contributed by atoms with E-state index in [-0.39, 0.29) is 21.0 Å². The first kappa shape index (κ1) is 31.6. The van der Waals surface area contributed by atoms with Gasteiger partial charge in [0.25, 0.3) is 10.0 Å². The number of fused-ring (bicyclic) bond motifs is 3. The monoisotopic (exact) mass is 643 g/mol. The number of carbonyl (C=O) groups is 1. The molecule has 234 valence electrons. The predicted octanol–water partition coefficient (Wildman–Crippen LogP) is 2.15. The quantitative estimate of drug-likeness (QED) is 0.239. The first-order valence-corrected chi connectivity index (χ1v) is 16.8. The second-order valence-corrected chi connectivity index (χ2v) is 15.7. The molecule has 0 atom stereocenters. The predicted molar refractivity (Wildman–Crippen MR) is 164 cm³/mol. The SMILES string of the molecule is CN(C)S(=O)(=O)c1ccc(S(=O)(=O)n2nc(N3CCC4(CC3)C[N+](C)(C)c3cc(F)ccc34)c3ccccc32)cc1.O=C[O-]. The minimum atomic E-state index is -4.12. The van der Waals surface area contributed by atoms with E-state index in [0.29, 0.717) is 28.9 Å². The molecule has 0 amide bonds. The summed E-state index contributed by atoms with van der Waals surface area (Å²) in [6, 6.07) is 17.5. The van der Waals surface area contributed by atoms with Crippen LogP contribution in [0.15, 0.2) is 76.5 Å². The Morgan fingerprint density at radius 2 is 1.55 bits per heavy atom. The maximum atomic E-state index is 14.1. The van der Waals surface area contributed by atoms with E-state index in [9.17, 15) is 21.2 Å². The van der Waals surface area contributed by atoms with Crippen LogP contribution >= 0.6 is 0 Å². The first-order chi connectivity index (χ1) is 20.7. The van der Waals surface area contributed by atoms with Crippen LogP contribution in [0, 0.1) is 5.82 Å². The lowest BCUT2D eigenvalue weighted by atomic mass is 9.74. The number of aromatic nitrogens is 2. The lowest BCUT2D eigenvalue weighted by Crippen LogP contribution is -2.49. The second kappa shape index (κ2) is 11.3. The largest absolute Gasteiger partial charge is 0.554 e. The van der Waals surface area contributed by atoms with Gasteiger partial charge in [-0.1, -0.05) is 12.1 Å². The highest BCUT2D eigenvalue weighted by molar-refractivity contribution is 7.90. The summed E-state index contributed by atoms with van der Waals surface area (Å²) in [6.45, 7) is 1.73. The maximum absolute atomic E-state index is 14.1. The van der Waals surface area contributed by atoms with Crippen LogP contribution < -0.4 is 14.5 Å². The number of carboxylic acid groups (broad SMARTS) is 1. The number of quaternary nitrogens is 1. The van der Waals surface area contributed by atoms with Gasteiger partial charge in [-0.05, 0) is 61.4 Å². The van der Waals surface area contributed by atoms with Crippen molar-refractivity contribution < 1.29 is 31.1 Å². The van der Waals surface area contributed by atoms with Crippen molar-refractivity contribution in [2.75, 3.05) is 52.7 Å². The fraction of sp³-hybridized carbons (Fsp3) is 0.333. The molecule has 4 aromatic rings. The molecule has 1 saturated heterocycles. The van der Waals surface area contributed by atoms with Crippen LogP contribution in [0.1, 0.15) is 18.4 Å². The van der Waals surface area contributed by atoms with Crippen LogP contribution in [0.25, 0.3) is 10.9 Å². The summed E-state index contributed by atoms with van der Waals surface area (Å²) in [5.74, 6) is 0.369. The molecule has 2 aliphatic rings. The van der Waals surface area contributed by atoms with Crippen molar-refractivity contribution in [3.8, 4) is 0 Å². The number of piperidine rings is 1. The van der Waals surface area contributed by atoms with Gasteiger partial charge in [0, 0.05) is 50.7 Å². The van der Waals surface area contributed by atoms with E-state index in [1.165, 1.54) is 43.9 Å². The van der Waals surface area contributed by atoms with Crippen LogP contribution in [0.4, 0.5) is 15.9 Å². The minimum absolute atomic E-state index is 0.00716. The Morgan fingerprint density at radius 1 is 0.955 bits per heavy atom. The molecule has 0 radical (unpaired) electrons. The Morgan fingerprint density at radius 3 is 2.16 bits per heavy atom. The molecule has 0 saturated carbocycles. The summed E-state index contributed by atoms with van der Waals surface area (Å²) in [4.78, 5) is 10.3. The Kier molecular flexibility index (Phi) is 8.08. The van der Waals surface area contributed by atoms with Gasteiger partial charge in [0.2, 0.25) is 10.0 Å². The van der Waals surface area contributed by atoms with Gasteiger partial charge < -0.3 is 14.8 Å². The summed E-state index contributed by atoms with van der Waals surface area (Å²) in [5, 5.41) is 13.6. The number of nitrogens with zero attached hydrogens (tertiary/aromatic N) is 5. The smallest absolute Gasteiger partial charge is 0.283 e. The van der Waals surface area contributed by atoms with Crippen molar-refractivity contribution >= 4 is 48.9 Å². The van der Waals surface area contributed by atoms with Gasteiger partial charge in [-0.15, -0.1) is 5.10 Å². The molecule has 6 rings (SSSR count). The molecule has 3 heterocycles. The third kappa shape index (κ3) is 5.25. The zero-order valence-corrected chi connectivity index (χ0v) is 26.5. The summed E-state index contributed by atoms with van der Waals surface area (Å²) < 4.78 is 69.3. The molecule has 0 N–H and O–H groups in total. The van der Waals surface area contributed by atoms with E-state index in [1.54, 1.807) is 24.3 Å². The van der Waals surface area contributed by atoms with Crippen molar-refractivity contribution in [2.45, 2.75) is 28.0 Å². The number of anilines is 1. The summed E-state index contributed by atoms with van der Waals surface area (Å²) in [6.07, 6.45) is 1.67. The molecular weight excluding hydrogens is 609 g/mol. The van der Waals surface area contributed by atoms with E-state index >= 15 is 0 Å². The Balaban J connectivity index is 0.00000123. The van der Waals surface area contributed by atoms with E-state index in [4.69, 9.17) is 9.90 Å². The molecule has 3 aromatic carbocycles. The summed E-state index contributed by atoms with van der Waals surface area (Å²) in [7, 11) is -0.743. The molecule has 0 aliphatic carbocycles. The molecule has 2 aliphatic heterocycles. The zero-order chi connectivity index (χ0) is 32.1. The van der Waals surface area contributed by atoms with Gasteiger partial charge in [0.1, 0.15) is 11.5 Å². The van der Waals surface area contributed by atoms with Crippen LogP contribution in [0.5, 0.6) is 0 Å². The maximum Gasteiger partial charge on any atom is 0.283 e. The van der Waals surface area contributed by atoms with Gasteiger partial charge in [0.15, 0.2) is 5.82 Å². The molecular formula is C30H34FN5O6S2. The zero-order valence-electron chi connectivity index (χ0n) is 24.8. The molecule has 14 heteroatoms. The Labute approximate surface area is 256 Å². The Bertz CT molecular complexity index is 1930. The van der Waals surface area contributed by atoms with E-state index in [0.717, 1.165) is 38.9 Å². The number of rotatable bonds is 5. The number of hydrogen-bond acceptors (Lipinski definition) is 8. The van der Waals surface area contributed by atoms with Crippen LogP contribution in [-0.2, 0) is 30.3 Å². The number of halogens is 1. The van der Waals surface area contributed by atoms with Gasteiger partial charge in [-0.3, -0.25) is 4.48 Å². The van der Waals surface area contributed by atoms with Crippen LogP contribution in [0.2, 0.25) is 0 Å². The molecule has 0 unspecified atom stereocenters. The summed E-state index contributed by atoms with van der Waals surface area (Å²) >= 11 is 0. The second-order valence-electron chi connectivity index (χ2n) is 11.8. The van der Waals surface area contributed by atoms with Gasteiger partial charge in [-0.25, -0.2) is 17.1 Å². The van der Waals surface area contributed by atoms with Gasteiger partial charge >= 0.3 is 0 Å². The third-order valence-corrected chi connectivity index (χ3v) is 12.0. The van der Waals surface area contributed by atoms with Crippen LogP contribution in [-0.4, -0.2) is 84.6 Å². The molecule has 44 heavy (non-hydrogen) atoms.